The third-order valence-corrected chi connectivity index (χ3v) is 5.20. The van der Waals surface area contributed by atoms with Crippen LogP contribution in [0.5, 0.6) is 0 Å². The molecule has 1 aromatic heterocycles. The van der Waals surface area contributed by atoms with E-state index in [1.807, 2.05) is 13.8 Å². The van der Waals surface area contributed by atoms with E-state index in [1.165, 1.54) is 31.4 Å². The van der Waals surface area contributed by atoms with Crippen molar-refractivity contribution in [3.63, 3.8) is 0 Å². The maximum atomic E-state index is 12.7. The van der Waals surface area contributed by atoms with Crippen LogP contribution >= 0.6 is 12.4 Å². The Morgan fingerprint density at radius 1 is 1.21 bits per heavy atom. The summed E-state index contributed by atoms with van der Waals surface area (Å²) in [6, 6.07) is 4.34. The van der Waals surface area contributed by atoms with Crippen LogP contribution in [0.4, 0.5) is 5.69 Å². The Kier molecular flexibility index (Phi) is 7.75. The van der Waals surface area contributed by atoms with E-state index < -0.39 is 16.6 Å². The van der Waals surface area contributed by atoms with E-state index in [4.69, 9.17) is 0 Å². The molecule has 1 aliphatic rings. The molecule has 2 aromatic rings. The Hall–Kier alpha value is -2.45. The standard InChI is InChI=1S/C20H26N4O4.ClH/c1-14(2)23-13-17(16-7-6-15(24(27)28)12-18(16)23)19(25)20(26)21-8-11-22-9-4-3-5-10-22;/h6-7,12-14H,3-5,8-11H2,1-2H3,(H,21,26);1H. The first-order chi connectivity index (χ1) is 13.4. The lowest BCUT2D eigenvalue weighted by Crippen LogP contribution is -2.39. The van der Waals surface area contributed by atoms with Gasteiger partial charge in [-0.2, -0.15) is 0 Å². The van der Waals surface area contributed by atoms with Gasteiger partial charge in [0.2, 0.25) is 0 Å². The number of carbonyl (C=O) groups is 2. The van der Waals surface area contributed by atoms with E-state index in [0.29, 0.717) is 17.4 Å². The summed E-state index contributed by atoms with van der Waals surface area (Å²) in [6.45, 7) is 7.07. The maximum absolute atomic E-state index is 12.7. The van der Waals surface area contributed by atoms with Crippen LogP contribution in [0.3, 0.4) is 0 Å². The smallest absolute Gasteiger partial charge is 0.292 e. The summed E-state index contributed by atoms with van der Waals surface area (Å²) in [5.74, 6) is -1.25. The molecule has 1 saturated heterocycles. The van der Waals surface area contributed by atoms with Gasteiger partial charge in [0, 0.05) is 42.8 Å². The molecule has 8 nitrogen and oxygen atoms in total. The number of carbonyl (C=O) groups excluding carboxylic acids is 2. The molecule has 0 unspecified atom stereocenters. The number of aromatic nitrogens is 1. The molecule has 1 N–H and O–H groups in total. The number of fused-ring (bicyclic) bond motifs is 1. The number of halogens is 1. The monoisotopic (exact) mass is 422 g/mol. The number of Topliss-reactive ketones (excluding diaryl/α,β-unsaturated/α-hetero) is 1. The Morgan fingerprint density at radius 3 is 2.52 bits per heavy atom. The van der Waals surface area contributed by atoms with Crippen molar-refractivity contribution in [2.45, 2.75) is 39.2 Å². The predicted octanol–water partition coefficient (Wildman–Crippen LogP) is 3.34. The number of nitro groups is 1. The second-order valence-corrected chi connectivity index (χ2v) is 7.49. The first kappa shape index (κ1) is 22.8. The molecule has 29 heavy (non-hydrogen) atoms. The summed E-state index contributed by atoms with van der Waals surface area (Å²) in [6.07, 6.45) is 5.21. The van der Waals surface area contributed by atoms with E-state index in [9.17, 15) is 19.7 Å². The molecule has 0 spiro atoms. The second-order valence-electron chi connectivity index (χ2n) is 7.49. The quantitative estimate of drug-likeness (QED) is 0.319. The molecule has 1 fully saturated rings. The zero-order valence-electron chi connectivity index (χ0n) is 16.7. The van der Waals surface area contributed by atoms with Crippen LogP contribution < -0.4 is 5.32 Å². The minimum absolute atomic E-state index is 0. The number of ketones is 1. The normalized spacial score (nSPS) is 14.6. The Labute approximate surface area is 175 Å². The molecule has 1 aliphatic heterocycles. The number of rotatable bonds is 7. The van der Waals surface area contributed by atoms with Crippen LogP contribution in [0.15, 0.2) is 24.4 Å². The summed E-state index contributed by atoms with van der Waals surface area (Å²) in [7, 11) is 0. The number of nitro benzene ring substituents is 1. The molecule has 0 aliphatic carbocycles. The minimum atomic E-state index is -0.641. The van der Waals surface area contributed by atoms with Crippen LogP contribution in [-0.4, -0.2) is 52.3 Å². The van der Waals surface area contributed by atoms with Crippen molar-refractivity contribution >= 4 is 40.7 Å². The zero-order chi connectivity index (χ0) is 20.3. The number of nitrogens with one attached hydrogen (secondary N) is 1. The van der Waals surface area contributed by atoms with Gasteiger partial charge in [-0.3, -0.25) is 19.7 Å². The van der Waals surface area contributed by atoms with Gasteiger partial charge >= 0.3 is 0 Å². The zero-order valence-corrected chi connectivity index (χ0v) is 17.5. The van der Waals surface area contributed by atoms with Crippen molar-refractivity contribution in [3.05, 3.63) is 40.1 Å². The summed E-state index contributed by atoms with van der Waals surface area (Å²) < 4.78 is 1.79. The molecular weight excluding hydrogens is 396 g/mol. The maximum Gasteiger partial charge on any atom is 0.292 e. The van der Waals surface area contributed by atoms with Gasteiger partial charge in [0.15, 0.2) is 0 Å². The Bertz CT molecular complexity index is 903. The largest absolute Gasteiger partial charge is 0.348 e. The average molecular weight is 423 g/mol. The number of benzene rings is 1. The van der Waals surface area contributed by atoms with Gasteiger partial charge in [-0.25, -0.2) is 0 Å². The van der Waals surface area contributed by atoms with Gasteiger partial charge in [0.1, 0.15) is 0 Å². The lowest BCUT2D eigenvalue weighted by Gasteiger charge is -2.26. The van der Waals surface area contributed by atoms with Gasteiger partial charge in [-0.15, -0.1) is 12.4 Å². The van der Waals surface area contributed by atoms with Crippen molar-refractivity contribution in [2.75, 3.05) is 26.2 Å². The van der Waals surface area contributed by atoms with Gasteiger partial charge < -0.3 is 14.8 Å². The third kappa shape index (κ3) is 5.13. The van der Waals surface area contributed by atoms with Gasteiger partial charge in [0.25, 0.3) is 17.4 Å². The molecule has 2 heterocycles. The highest BCUT2D eigenvalue weighted by Gasteiger charge is 2.23. The molecule has 158 valence electrons. The molecule has 0 bridgehead atoms. The number of nitrogens with zero attached hydrogens (tertiary/aromatic N) is 3. The molecule has 9 heteroatoms. The molecule has 1 aromatic carbocycles. The highest BCUT2D eigenvalue weighted by Crippen LogP contribution is 2.28. The summed E-state index contributed by atoms with van der Waals surface area (Å²) in [5.41, 5.74) is 0.806. The average Bonchev–Trinajstić information content (AvgIpc) is 3.07. The fourth-order valence-electron chi connectivity index (χ4n) is 3.67. The van der Waals surface area contributed by atoms with Crippen LogP contribution in [-0.2, 0) is 4.79 Å². The first-order valence-corrected chi connectivity index (χ1v) is 9.72. The fraction of sp³-hybridized carbons (Fsp3) is 0.500. The lowest BCUT2D eigenvalue weighted by atomic mass is 10.1. The molecule has 3 rings (SSSR count). The summed E-state index contributed by atoms with van der Waals surface area (Å²) in [5, 5.41) is 14.3. The number of hydrogen-bond acceptors (Lipinski definition) is 5. The van der Waals surface area contributed by atoms with Crippen LogP contribution in [0, 0.1) is 10.1 Å². The molecule has 0 saturated carbocycles. The molecule has 0 atom stereocenters. The first-order valence-electron chi connectivity index (χ1n) is 9.72. The van der Waals surface area contributed by atoms with Crippen molar-refractivity contribution in [3.8, 4) is 0 Å². The number of likely N-dealkylation sites (tertiary alicyclic amines) is 1. The van der Waals surface area contributed by atoms with Crippen molar-refractivity contribution in [1.82, 2.24) is 14.8 Å². The van der Waals surface area contributed by atoms with Crippen molar-refractivity contribution < 1.29 is 14.5 Å². The minimum Gasteiger partial charge on any atom is -0.348 e. The van der Waals surface area contributed by atoms with E-state index >= 15 is 0 Å². The Balaban J connectivity index is 0.00000300. The molecule has 1 amide bonds. The fourth-order valence-corrected chi connectivity index (χ4v) is 3.67. The van der Waals surface area contributed by atoms with Crippen LogP contribution in [0.2, 0.25) is 0 Å². The highest BCUT2D eigenvalue weighted by atomic mass is 35.5. The second kappa shape index (κ2) is 9.84. The van der Waals surface area contributed by atoms with Gasteiger partial charge in [-0.1, -0.05) is 6.42 Å². The van der Waals surface area contributed by atoms with Crippen LogP contribution in [0.25, 0.3) is 10.9 Å². The highest BCUT2D eigenvalue weighted by molar-refractivity contribution is 6.45. The predicted molar refractivity (Wildman–Crippen MR) is 114 cm³/mol. The van der Waals surface area contributed by atoms with Crippen molar-refractivity contribution in [1.29, 1.82) is 0 Å². The van der Waals surface area contributed by atoms with E-state index in [2.05, 4.69) is 10.2 Å². The van der Waals surface area contributed by atoms with Gasteiger partial charge in [-0.05, 0) is 45.8 Å². The number of hydrogen-bond donors (Lipinski definition) is 1. The topological polar surface area (TPSA) is 97.5 Å². The van der Waals surface area contributed by atoms with E-state index in [-0.39, 0.29) is 29.7 Å². The number of non-ortho nitro benzene ring substituents is 1. The number of piperidine rings is 1. The Morgan fingerprint density at radius 2 is 1.90 bits per heavy atom. The number of amides is 1. The SMILES string of the molecule is CC(C)n1cc(C(=O)C(=O)NCCN2CCCCC2)c2ccc([N+](=O)[O-])cc21.Cl. The van der Waals surface area contributed by atoms with Crippen LogP contribution in [0.1, 0.15) is 49.5 Å². The van der Waals surface area contributed by atoms with Gasteiger partial charge in [0.05, 0.1) is 16.0 Å². The molecular formula is C20H27ClN4O4. The summed E-state index contributed by atoms with van der Waals surface area (Å²) >= 11 is 0. The van der Waals surface area contributed by atoms with E-state index in [0.717, 1.165) is 19.6 Å². The van der Waals surface area contributed by atoms with E-state index in [1.54, 1.807) is 16.8 Å². The lowest BCUT2D eigenvalue weighted by molar-refractivity contribution is -0.384. The molecule has 0 radical (unpaired) electrons. The third-order valence-electron chi connectivity index (χ3n) is 5.20. The van der Waals surface area contributed by atoms with Crippen molar-refractivity contribution in [2.24, 2.45) is 0 Å². The summed E-state index contributed by atoms with van der Waals surface area (Å²) in [4.78, 5) is 38.0.